The Labute approximate surface area is 167 Å². The molecule has 146 valence electrons. The number of aryl methyl sites for hydroxylation is 1. The molecule has 2 aromatic carbocycles. The number of hydrogen-bond acceptors (Lipinski definition) is 5. The lowest BCUT2D eigenvalue weighted by molar-refractivity contribution is -0.137. The molecule has 0 saturated heterocycles. The molecule has 3 aromatic rings. The number of anilines is 1. The monoisotopic (exact) mass is 398 g/mol. The Morgan fingerprint density at radius 1 is 1.04 bits per heavy atom. The Bertz CT molecular complexity index is 904. The summed E-state index contributed by atoms with van der Waals surface area (Å²) in [6.45, 7) is 0.351. The molecule has 0 unspecified atom stereocenters. The Morgan fingerprint density at radius 3 is 2.57 bits per heavy atom. The van der Waals surface area contributed by atoms with Crippen molar-refractivity contribution in [3.63, 3.8) is 0 Å². The molecule has 2 N–H and O–H groups in total. The summed E-state index contributed by atoms with van der Waals surface area (Å²) in [5.41, 5.74) is 1.72. The Morgan fingerprint density at radius 2 is 1.82 bits per heavy atom. The van der Waals surface area contributed by atoms with Gasteiger partial charge in [-0.25, -0.2) is 4.98 Å². The van der Waals surface area contributed by atoms with Crippen LogP contribution in [0.3, 0.4) is 0 Å². The average molecular weight is 398 g/mol. The summed E-state index contributed by atoms with van der Waals surface area (Å²) in [6, 6.07) is 15.1. The van der Waals surface area contributed by atoms with E-state index in [1.807, 2.05) is 18.2 Å². The summed E-state index contributed by atoms with van der Waals surface area (Å²) in [5, 5.41) is 12.5. The maximum absolute atomic E-state index is 12.1. The predicted molar refractivity (Wildman–Crippen MR) is 110 cm³/mol. The summed E-state index contributed by atoms with van der Waals surface area (Å²) >= 11 is 1.67. The fourth-order valence-corrected chi connectivity index (χ4v) is 3.71. The van der Waals surface area contributed by atoms with E-state index in [2.05, 4.69) is 16.4 Å². The van der Waals surface area contributed by atoms with Crippen LogP contribution in [0.2, 0.25) is 0 Å². The summed E-state index contributed by atoms with van der Waals surface area (Å²) < 4.78 is 6.65. The van der Waals surface area contributed by atoms with E-state index in [0.717, 1.165) is 23.4 Å². The number of aliphatic carboxylic acids is 1. The van der Waals surface area contributed by atoms with E-state index in [9.17, 15) is 9.59 Å². The van der Waals surface area contributed by atoms with Crippen LogP contribution < -0.4 is 10.1 Å². The molecule has 7 heteroatoms. The first-order valence-corrected chi connectivity index (χ1v) is 10.0. The maximum atomic E-state index is 12.1. The number of carbonyl (C=O) groups is 2. The van der Waals surface area contributed by atoms with Crippen molar-refractivity contribution in [1.29, 1.82) is 0 Å². The molecule has 6 nitrogen and oxygen atoms in total. The number of amides is 1. The minimum atomic E-state index is -0.829. The van der Waals surface area contributed by atoms with Crippen molar-refractivity contribution in [2.24, 2.45) is 0 Å². The van der Waals surface area contributed by atoms with Gasteiger partial charge >= 0.3 is 5.97 Å². The van der Waals surface area contributed by atoms with Crippen molar-refractivity contribution in [2.45, 2.75) is 32.1 Å². The van der Waals surface area contributed by atoms with Crippen LogP contribution in [0, 0.1) is 0 Å². The second kappa shape index (κ2) is 9.85. The fraction of sp³-hybridized carbons (Fsp3) is 0.286. The molecular formula is C21H22N2O4S. The maximum Gasteiger partial charge on any atom is 0.303 e. The van der Waals surface area contributed by atoms with Gasteiger partial charge in [0, 0.05) is 18.5 Å². The SMILES string of the molecule is O=C(O)CCCOc1ccc(NC(=O)CCCc2nc3ccccc3s2)cc1. The smallest absolute Gasteiger partial charge is 0.303 e. The number of aromatic nitrogens is 1. The Hall–Kier alpha value is -2.93. The number of thiazole rings is 1. The van der Waals surface area contributed by atoms with E-state index in [-0.39, 0.29) is 12.3 Å². The largest absolute Gasteiger partial charge is 0.494 e. The summed E-state index contributed by atoms with van der Waals surface area (Å²) in [5.74, 6) is -0.208. The van der Waals surface area contributed by atoms with Crippen molar-refractivity contribution >= 4 is 39.1 Å². The molecule has 1 amide bonds. The van der Waals surface area contributed by atoms with Gasteiger partial charge in [-0.3, -0.25) is 9.59 Å². The molecule has 0 fully saturated rings. The van der Waals surface area contributed by atoms with Crippen LogP contribution in [0.25, 0.3) is 10.2 Å². The van der Waals surface area contributed by atoms with Crippen LogP contribution in [0.15, 0.2) is 48.5 Å². The molecule has 1 heterocycles. The molecule has 0 bridgehead atoms. The van der Waals surface area contributed by atoms with Crippen LogP contribution in [0.5, 0.6) is 5.75 Å². The summed E-state index contributed by atoms with van der Waals surface area (Å²) in [6.07, 6.45) is 2.52. The molecule has 0 aliphatic heterocycles. The summed E-state index contributed by atoms with van der Waals surface area (Å²) in [7, 11) is 0. The van der Waals surface area contributed by atoms with Crippen LogP contribution in [-0.2, 0) is 16.0 Å². The Kier molecular flexibility index (Phi) is 6.97. The van der Waals surface area contributed by atoms with Crippen molar-refractivity contribution in [2.75, 3.05) is 11.9 Å². The minimum Gasteiger partial charge on any atom is -0.494 e. The summed E-state index contributed by atoms with van der Waals surface area (Å²) in [4.78, 5) is 27.2. The van der Waals surface area contributed by atoms with Crippen LogP contribution >= 0.6 is 11.3 Å². The van der Waals surface area contributed by atoms with E-state index in [1.165, 1.54) is 4.70 Å². The van der Waals surface area contributed by atoms with E-state index < -0.39 is 5.97 Å². The standard InChI is InChI=1S/C21H22N2O4S/c24-19(7-3-8-20-23-17-5-1-2-6-18(17)28-20)22-15-10-12-16(13-11-15)27-14-4-9-21(25)26/h1-2,5-6,10-13H,3-4,7-9,14H2,(H,22,24)(H,25,26). The van der Waals surface area contributed by atoms with Gasteiger partial charge in [-0.15, -0.1) is 11.3 Å². The lowest BCUT2D eigenvalue weighted by Crippen LogP contribution is -2.11. The van der Waals surface area contributed by atoms with Crippen LogP contribution in [0.4, 0.5) is 5.69 Å². The van der Waals surface area contributed by atoms with Gasteiger partial charge in [-0.05, 0) is 55.7 Å². The van der Waals surface area contributed by atoms with Crippen molar-refractivity contribution in [1.82, 2.24) is 4.98 Å². The molecule has 1 aromatic heterocycles. The number of hydrogen-bond donors (Lipinski definition) is 2. The number of carbonyl (C=O) groups excluding carboxylic acids is 1. The Balaban J connectivity index is 1.38. The van der Waals surface area contributed by atoms with Crippen LogP contribution in [-0.4, -0.2) is 28.6 Å². The van der Waals surface area contributed by atoms with Gasteiger partial charge in [0.2, 0.25) is 5.91 Å². The molecule has 0 aliphatic carbocycles. The number of carboxylic acids is 1. The van der Waals surface area contributed by atoms with Gasteiger partial charge in [0.05, 0.1) is 21.8 Å². The number of carboxylic acid groups (broad SMARTS) is 1. The van der Waals surface area contributed by atoms with E-state index in [0.29, 0.717) is 30.9 Å². The fourth-order valence-electron chi connectivity index (χ4n) is 2.70. The third-order valence-electron chi connectivity index (χ3n) is 4.07. The second-order valence-corrected chi connectivity index (χ2v) is 7.46. The number of fused-ring (bicyclic) bond motifs is 1. The molecular weight excluding hydrogens is 376 g/mol. The number of nitrogens with zero attached hydrogens (tertiary/aromatic N) is 1. The highest BCUT2D eigenvalue weighted by Gasteiger charge is 2.06. The number of nitrogens with one attached hydrogen (secondary N) is 1. The van der Waals surface area contributed by atoms with E-state index in [4.69, 9.17) is 9.84 Å². The molecule has 3 rings (SSSR count). The first-order chi connectivity index (χ1) is 13.6. The van der Waals surface area contributed by atoms with Gasteiger partial charge in [0.15, 0.2) is 0 Å². The van der Waals surface area contributed by atoms with Gasteiger partial charge in [0.1, 0.15) is 5.75 Å². The predicted octanol–water partition coefficient (Wildman–Crippen LogP) is 4.50. The van der Waals surface area contributed by atoms with E-state index in [1.54, 1.807) is 35.6 Å². The molecule has 0 spiro atoms. The average Bonchev–Trinajstić information content (AvgIpc) is 3.09. The number of benzene rings is 2. The normalized spacial score (nSPS) is 10.7. The zero-order chi connectivity index (χ0) is 19.8. The second-order valence-electron chi connectivity index (χ2n) is 6.35. The highest BCUT2D eigenvalue weighted by Crippen LogP contribution is 2.23. The lowest BCUT2D eigenvalue weighted by atomic mass is 10.2. The van der Waals surface area contributed by atoms with Crippen molar-refractivity contribution in [3.05, 3.63) is 53.5 Å². The first-order valence-electron chi connectivity index (χ1n) is 9.19. The van der Waals surface area contributed by atoms with Gasteiger partial charge in [-0.1, -0.05) is 12.1 Å². The molecule has 28 heavy (non-hydrogen) atoms. The zero-order valence-corrected chi connectivity index (χ0v) is 16.2. The minimum absolute atomic E-state index is 0.0313. The van der Waals surface area contributed by atoms with Gasteiger partial charge in [-0.2, -0.15) is 0 Å². The van der Waals surface area contributed by atoms with Crippen LogP contribution in [0.1, 0.15) is 30.7 Å². The molecule has 0 aliphatic rings. The number of para-hydroxylation sites is 1. The topological polar surface area (TPSA) is 88.5 Å². The van der Waals surface area contributed by atoms with Gasteiger partial charge < -0.3 is 15.2 Å². The number of rotatable bonds is 10. The highest BCUT2D eigenvalue weighted by molar-refractivity contribution is 7.18. The lowest BCUT2D eigenvalue weighted by Gasteiger charge is -2.08. The quantitative estimate of drug-likeness (QED) is 0.491. The third kappa shape index (κ3) is 6.06. The molecule has 0 saturated carbocycles. The number of ether oxygens (including phenoxy) is 1. The van der Waals surface area contributed by atoms with E-state index >= 15 is 0 Å². The zero-order valence-electron chi connectivity index (χ0n) is 15.4. The molecule has 0 atom stereocenters. The molecule has 0 radical (unpaired) electrons. The third-order valence-corrected chi connectivity index (χ3v) is 5.17. The van der Waals surface area contributed by atoms with Gasteiger partial charge in [0.25, 0.3) is 0 Å². The highest BCUT2D eigenvalue weighted by atomic mass is 32.1. The first kappa shape index (κ1) is 19.8. The van der Waals surface area contributed by atoms with Crippen molar-refractivity contribution < 1.29 is 19.4 Å². The van der Waals surface area contributed by atoms with Crippen molar-refractivity contribution in [3.8, 4) is 5.75 Å².